The van der Waals surface area contributed by atoms with Crippen molar-refractivity contribution >= 4 is 11.2 Å². The highest BCUT2D eigenvalue weighted by Gasteiger charge is 2.06. The Morgan fingerprint density at radius 1 is 1.00 bits per heavy atom. The van der Waals surface area contributed by atoms with Crippen molar-refractivity contribution in [1.29, 1.82) is 0 Å². The Labute approximate surface area is 117 Å². The van der Waals surface area contributed by atoms with Crippen molar-refractivity contribution in [2.45, 2.75) is 65.7 Å². The summed E-state index contributed by atoms with van der Waals surface area (Å²) in [5.41, 5.74) is 1.30. The first-order valence-electron chi connectivity index (χ1n) is 7.37. The molecule has 0 bridgehead atoms. The quantitative estimate of drug-likeness (QED) is 0.294. The Hall–Kier alpha value is -0.210. The molecule has 0 rings (SSSR count). The van der Waals surface area contributed by atoms with Crippen molar-refractivity contribution in [3.8, 4) is 0 Å². The molecule has 0 aliphatic heterocycles. The monoisotopic (exact) mass is 270 g/mol. The maximum Gasteiger partial charge on any atom is 0.109 e. The summed E-state index contributed by atoms with van der Waals surface area (Å²) in [5.74, 6) is 1.71. The van der Waals surface area contributed by atoms with Gasteiger partial charge < -0.3 is 4.55 Å². The molecule has 0 heterocycles. The topological polar surface area (TPSA) is 23.1 Å². The van der Waals surface area contributed by atoms with Gasteiger partial charge in [0.1, 0.15) is 11.5 Å². The van der Waals surface area contributed by atoms with E-state index in [1.807, 2.05) is 19.9 Å². The molecule has 0 saturated carbocycles. The first-order valence-corrected chi connectivity index (χ1v) is 8.86. The van der Waals surface area contributed by atoms with E-state index in [1.54, 1.807) is 0 Å². The Kier molecular flexibility index (Phi) is 13.1. The Morgan fingerprint density at radius 3 is 2.28 bits per heavy atom. The van der Waals surface area contributed by atoms with E-state index in [0.717, 1.165) is 24.3 Å². The zero-order valence-electron chi connectivity index (χ0n) is 12.4. The summed E-state index contributed by atoms with van der Waals surface area (Å²) in [6.07, 6.45) is 14.9. The standard InChI is InChI=1S/C16H30OS/c1-4-7-8-9-10-11-14-18(17)15-13-16(6-3)12-5-2/h5-6,12H,4,7-11,13-15H2,1-3H3/b12-5+,16-6-. The van der Waals surface area contributed by atoms with Gasteiger partial charge in [-0.3, -0.25) is 0 Å². The molecule has 0 spiro atoms. The van der Waals surface area contributed by atoms with Crippen molar-refractivity contribution in [1.82, 2.24) is 0 Å². The minimum atomic E-state index is -0.628. The third kappa shape index (κ3) is 10.9. The zero-order chi connectivity index (χ0) is 13.6. The summed E-state index contributed by atoms with van der Waals surface area (Å²) in [6.45, 7) is 6.31. The third-order valence-electron chi connectivity index (χ3n) is 3.10. The predicted octanol–water partition coefficient (Wildman–Crippen LogP) is 5.01. The summed E-state index contributed by atoms with van der Waals surface area (Å²) in [5, 5.41) is 0. The van der Waals surface area contributed by atoms with E-state index in [9.17, 15) is 4.55 Å². The van der Waals surface area contributed by atoms with E-state index in [0.29, 0.717) is 0 Å². The minimum Gasteiger partial charge on any atom is -0.616 e. The van der Waals surface area contributed by atoms with E-state index >= 15 is 0 Å². The molecule has 1 nitrogen and oxygen atoms in total. The SMILES string of the molecule is C/C=C/C(=C/C)CC[S+]([O-])CCCCCCCC. The lowest BCUT2D eigenvalue weighted by Crippen LogP contribution is -2.11. The zero-order valence-corrected chi connectivity index (χ0v) is 13.2. The average Bonchev–Trinajstić information content (AvgIpc) is 2.38. The highest BCUT2D eigenvalue weighted by molar-refractivity contribution is 7.91. The number of hydrogen-bond acceptors (Lipinski definition) is 1. The Morgan fingerprint density at radius 2 is 1.67 bits per heavy atom. The number of rotatable bonds is 11. The fourth-order valence-corrected chi connectivity index (χ4v) is 3.11. The maximum atomic E-state index is 11.8. The number of unbranched alkanes of at least 4 members (excludes halogenated alkanes) is 5. The number of allylic oxidation sites excluding steroid dienone is 4. The minimum absolute atomic E-state index is 0.628. The van der Waals surface area contributed by atoms with Crippen molar-refractivity contribution < 1.29 is 4.55 Å². The first-order chi connectivity index (χ1) is 8.74. The van der Waals surface area contributed by atoms with Crippen molar-refractivity contribution in [3.05, 3.63) is 23.8 Å². The van der Waals surface area contributed by atoms with Crippen LogP contribution in [0.4, 0.5) is 0 Å². The van der Waals surface area contributed by atoms with Crippen LogP contribution in [0.5, 0.6) is 0 Å². The Balaban J connectivity index is 3.50. The van der Waals surface area contributed by atoms with Gasteiger partial charge in [-0.15, -0.1) is 0 Å². The molecule has 106 valence electrons. The molecule has 2 heteroatoms. The average molecular weight is 270 g/mol. The van der Waals surface area contributed by atoms with E-state index in [2.05, 4.69) is 19.1 Å². The lowest BCUT2D eigenvalue weighted by Gasteiger charge is -2.11. The lowest BCUT2D eigenvalue weighted by molar-refractivity contribution is 0.582. The molecule has 0 aliphatic rings. The molecular formula is C16H30OS. The van der Waals surface area contributed by atoms with Crippen molar-refractivity contribution in [2.24, 2.45) is 0 Å². The molecule has 1 unspecified atom stereocenters. The van der Waals surface area contributed by atoms with Crippen LogP contribution in [0.2, 0.25) is 0 Å². The van der Waals surface area contributed by atoms with Gasteiger partial charge in [0, 0.05) is 6.42 Å². The molecular weight excluding hydrogens is 240 g/mol. The molecule has 0 N–H and O–H groups in total. The van der Waals surface area contributed by atoms with Crippen LogP contribution in [0.3, 0.4) is 0 Å². The van der Waals surface area contributed by atoms with Gasteiger partial charge in [-0.1, -0.05) is 62.0 Å². The summed E-state index contributed by atoms with van der Waals surface area (Å²) in [7, 11) is 0. The summed E-state index contributed by atoms with van der Waals surface area (Å²) < 4.78 is 11.8. The van der Waals surface area contributed by atoms with Gasteiger partial charge in [-0.2, -0.15) is 0 Å². The van der Waals surface area contributed by atoms with Crippen LogP contribution >= 0.6 is 0 Å². The predicted molar refractivity (Wildman–Crippen MR) is 84.4 cm³/mol. The molecule has 0 aromatic carbocycles. The normalized spacial score (nSPS) is 14.3. The molecule has 0 aliphatic carbocycles. The Bertz CT molecular complexity index is 233. The second-order valence-electron chi connectivity index (χ2n) is 4.73. The van der Waals surface area contributed by atoms with Crippen LogP contribution < -0.4 is 0 Å². The van der Waals surface area contributed by atoms with Gasteiger partial charge in [0.25, 0.3) is 0 Å². The molecule has 0 fully saturated rings. The molecule has 0 radical (unpaired) electrons. The summed E-state index contributed by atoms with van der Waals surface area (Å²) in [6, 6.07) is 0. The van der Waals surface area contributed by atoms with Crippen LogP contribution in [0, 0.1) is 0 Å². The lowest BCUT2D eigenvalue weighted by atomic mass is 10.1. The van der Waals surface area contributed by atoms with E-state index in [1.165, 1.54) is 37.7 Å². The second-order valence-corrected chi connectivity index (χ2v) is 6.43. The highest BCUT2D eigenvalue weighted by Crippen LogP contribution is 2.10. The van der Waals surface area contributed by atoms with Gasteiger partial charge in [0.15, 0.2) is 0 Å². The largest absolute Gasteiger partial charge is 0.616 e. The van der Waals surface area contributed by atoms with E-state index < -0.39 is 11.2 Å². The van der Waals surface area contributed by atoms with Crippen LogP contribution in [0.1, 0.15) is 65.7 Å². The maximum absolute atomic E-state index is 11.8. The molecule has 1 atom stereocenters. The fourth-order valence-electron chi connectivity index (χ4n) is 1.92. The van der Waals surface area contributed by atoms with Crippen molar-refractivity contribution in [3.63, 3.8) is 0 Å². The third-order valence-corrected chi connectivity index (χ3v) is 4.50. The fraction of sp³-hybridized carbons (Fsp3) is 0.750. The molecule has 18 heavy (non-hydrogen) atoms. The van der Waals surface area contributed by atoms with Gasteiger partial charge in [-0.25, -0.2) is 0 Å². The molecule has 0 amide bonds. The molecule has 0 aromatic heterocycles. The van der Waals surface area contributed by atoms with Gasteiger partial charge in [-0.05, 0) is 32.3 Å². The van der Waals surface area contributed by atoms with Crippen LogP contribution in [-0.4, -0.2) is 16.1 Å². The van der Waals surface area contributed by atoms with Crippen LogP contribution in [-0.2, 0) is 11.2 Å². The number of hydrogen-bond donors (Lipinski definition) is 0. The van der Waals surface area contributed by atoms with Gasteiger partial charge >= 0.3 is 0 Å². The summed E-state index contributed by atoms with van der Waals surface area (Å²) >= 11 is -0.628. The van der Waals surface area contributed by atoms with E-state index in [4.69, 9.17) is 0 Å². The van der Waals surface area contributed by atoms with Crippen LogP contribution in [0.25, 0.3) is 0 Å². The molecule has 0 aromatic rings. The summed E-state index contributed by atoms with van der Waals surface area (Å²) in [4.78, 5) is 0. The van der Waals surface area contributed by atoms with Gasteiger partial charge in [0.05, 0.1) is 0 Å². The highest BCUT2D eigenvalue weighted by atomic mass is 32.2. The van der Waals surface area contributed by atoms with Gasteiger partial charge in [0.2, 0.25) is 0 Å². The van der Waals surface area contributed by atoms with Crippen LogP contribution in [0.15, 0.2) is 23.8 Å². The second kappa shape index (κ2) is 13.2. The first kappa shape index (κ1) is 17.8. The smallest absolute Gasteiger partial charge is 0.109 e. The van der Waals surface area contributed by atoms with E-state index in [-0.39, 0.29) is 0 Å². The van der Waals surface area contributed by atoms with Crippen molar-refractivity contribution in [2.75, 3.05) is 11.5 Å². The molecule has 0 saturated heterocycles.